The lowest BCUT2D eigenvalue weighted by Gasteiger charge is -2.12. The van der Waals surface area contributed by atoms with Crippen LogP contribution in [0.4, 0.5) is 0 Å². The fourth-order valence-electron chi connectivity index (χ4n) is 4.11. The first kappa shape index (κ1) is 24.7. The molecule has 0 spiro atoms. The van der Waals surface area contributed by atoms with Crippen molar-refractivity contribution in [1.29, 1.82) is 0 Å². The van der Waals surface area contributed by atoms with Crippen molar-refractivity contribution in [2.24, 2.45) is 5.92 Å². The predicted molar refractivity (Wildman–Crippen MR) is 144 cm³/mol. The summed E-state index contributed by atoms with van der Waals surface area (Å²) in [5, 5.41) is 9.62. The molecule has 3 nitrogen and oxygen atoms in total. The number of Topliss-reactive ketones (excluding diaryl/α,β-unsaturated/α-hetero) is 1. The fraction of sp³-hybridized carbons (Fsp3) is 0.152. The van der Waals surface area contributed by atoms with Crippen LogP contribution in [0.3, 0.4) is 0 Å². The van der Waals surface area contributed by atoms with Gasteiger partial charge in [0.15, 0.2) is 5.78 Å². The molecule has 1 unspecified atom stereocenters. The molecule has 4 aromatic carbocycles. The van der Waals surface area contributed by atoms with Crippen molar-refractivity contribution in [3.8, 4) is 23.0 Å². The first-order valence-electron chi connectivity index (χ1n) is 12.2. The Morgan fingerprint density at radius 2 is 1.19 bits per heavy atom. The Hall–Kier alpha value is -4.42. The van der Waals surface area contributed by atoms with Crippen LogP contribution in [0.2, 0.25) is 0 Å². The molecule has 0 bridgehead atoms. The highest BCUT2D eigenvalue weighted by molar-refractivity contribution is 5.98. The number of carboxylic acid groups (broad SMARTS) is 1. The van der Waals surface area contributed by atoms with Gasteiger partial charge in [0, 0.05) is 23.1 Å². The lowest BCUT2D eigenvalue weighted by molar-refractivity contribution is -0.141. The van der Waals surface area contributed by atoms with Crippen molar-refractivity contribution in [3.05, 3.63) is 131 Å². The average Bonchev–Trinajstić information content (AvgIpc) is 2.93. The molecule has 0 heterocycles. The Labute approximate surface area is 212 Å². The van der Waals surface area contributed by atoms with Crippen LogP contribution >= 0.6 is 0 Å². The topological polar surface area (TPSA) is 54.4 Å². The lowest BCUT2D eigenvalue weighted by atomic mass is 9.92. The van der Waals surface area contributed by atoms with Crippen molar-refractivity contribution in [1.82, 2.24) is 0 Å². The summed E-state index contributed by atoms with van der Waals surface area (Å²) < 4.78 is 0. The van der Waals surface area contributed by atoms with Crippen molar-refractivity contribution in [3.63, 3.8) is 0 Å². The number of carbonyl (C=O) groups excluding carboxylic acids is 1. The second kappa shape index (κ2) is 12.3. The minimum absolute atomic E-state index is 0.0122. The van der Waals surface area contributed by atoms with Crippen LogP contribution in [-0.2, 0) is 11.2 Å². The van der Waals surface area contributed by atoms with Crippen LogP contribution < -0.4 is 0 Å². The maximum atomic E-state index is 12.8. The summed E-state index contributed by atoms with van der Waals surface area (Å²) in [5.41, 5.74) is 5.65. The zero-order chi connectivity index (χ0) is 25.2. The number of hydrogen-bond donors (Lipinski definition) is 1. The molecule has 1 N–H and O–H groups in total. The largest absolute Gasteiger partial charge is 0.481 e. The molecule has 3 heteroatoms. The van der Waals surface area contributed by atoms with Gasteiger partial charge in [0.25, 0.3) is 0 Å². The summed E-state index contributed by atoms with van der Waals surface area (Å²) in [6, 6.07) is 35.2. The number of hydrogen-bond acceptors (Lipinski definition) is 2. The Balaban J connectivity index is 1.34. The molecular formula is C33H28O3. The van der Waals surface area contributed by atoms with Gasteiger partial charge in [-0.25, -0.2) is 0 Å². The van der Waals surface area contributed by atoms with Gasteiger partial charge in [0.05, 0.1) is 5.92 Å². The van der Waals surface area contributed by atoms with Gasteiger partial charge in [-0.3, -0.25) is 9.59 Å². The van der Waals surface area contributed by atoms with Crippen LogP contribution in [0.1, 0.15) is 46.3 Å². The van der Waals surface area contributed by atoms with E-state index >= 15 is 0 Å². The molecule has 4 aromatic rings. The Morgan fingerprint density at radius 3 is 1.78 bits per heavy atom. The molecule has 0 radical (unpaired) electrons. The third-order valence-corrected chi connectivity index (χ3v) is 6.19. The molecule has 1 atom stereocenters. The van der Waals surface area contributed by atoms with Gasteiger partial charge in [-0.1, -0.05) is 96.8 Å². The number of carboxylic acids is 1. The van der Waals surface area contributed by atoms with Crippen LogP contribution in [-0.4, -0.2) is 16.9 Å². The van der Waals surface area contributed by atoms with Gasteiger partial charge in [-0.2, -0.15) is 0 Å². The normalized spacial score (nSPS) is 11.2. The van der Waals surface area contributed by atoms with Crippen molar-refractivity contribution in [2.45, 2.75) is 25.7 Å². The van der Waals surface area contributed by atoms with Crippen LogP contribution in [0, 0.1) is 17.8 Å². The van der Waals surface area contributed by atoms with Crippen molar-refractivity contribution >= 4 is 11.8 Å². The molecule has 0 aliphatic carbocycles. The maximum absolute atomic E-state index is 12.8. The van der Waals surface area contributed by atoms with E-state index in [9.17, 15) is 14.7 Å². The highest BCUT2D eigenvalue weighted by Crippen LogP contribution is 2.23. The molecule has 0 aliphatic heterocycles. The number of aryl methyl sites for hydroxylation is 1. The van der Waals surface area contributed by atoms with Gasteiger partial charge in [-0.15, -0.1) is 0 Å². The third-order valence-electron chi connectivity index (χ3n) is 6.19. The summed E-state index contributed by atoms with van der Waals surface area (Å²) in [6.45, 7) is 0. The molecule has 0 amide bonds. The van der Waals surface area contributed by atoms with E-state index in [1.165, 1.54) is 5.56 Å². The highest BCUT2D eigenvalue weighted by Gasteiger charge is 2.21. The first-order valence-corrected chi connectivity index (χ1v) is 12.2. The highest BCUT2D eigenvalue weighted by atomic mass is 16.4. The zero-order valence-corrected chi connectivity index (χ0v) is 20.1. The quantitative estimate of drug-likeness (QED) is 0.210. The summed E-state index contributed by atoms with van der Waals surface area (Å²) in [6.07, 6.45) is 2.04. The van der Waals surface area contributed by atoms with E-state index in [-0.39, 0.29) is 12.2 Å². The molecule has 0 saturated carbocycles. The van der Waals surface area contributed by atoms with Gasteiger partial charge < -0.3 is 5.11 Å². The summed E-state index contributed by atoms with van der Waals surface area (Å²) in [7, 11) is 0. The van der Waals surface area contributed by atoms with Crippen molar-refractivity contribution < 1.29 is 14.7 Å². The lowest BCUT2D eigenvalue weighted by Crippen LogP contribution is -2.18. The number of aliphatic carboxylic acids is 1. The summed E-state index contributed by atoms with van der Waals surface area (Å²) >= 11 is 0. The second-order valence-corrected chi connectivity index (χ2v) is 8.81. The molecule has 0 saturated heterocycles. The first-order chi connectivity index (χ1) is 17.6. The number of ketones is 1. The van der Waals surface area contributed by atoms with E-state index < -0.39 is 11.9 Å². The van der Waals surface area contributed by atoms with E-state index in [4.69, 9.17) is 0 Å². The molecular weight excluding hydrogens is 444 g/mol. The minimum atomic E-state index is -0.913. The van der Waals surface area contributed by atoms with Crippen LogP contribution in [0.25, 0.3) is 11.1 Å². The molecule has 4 rings (SSSR count). The second-order valence-electron chi connectivity index (χ2n) is 8.81. The van der Waals surface area contributed by atoms with Gasteiger partial charge in [0.1, 0.15) is 0 Å². The number of benzene rings is 4. The van der Waals surface area contributed by atoms with E-state index in [2.05, 4.69) is 11.8 Å². The van der Waals surface area contributed by atoms with Crippen LogP contribution in [0.15, 0.2) is 109 Å². The standard InChI is InChI=1S/C33H28O3/c34-32(24-31(33(35)36)13-7-12-25-8-3-1-4-9-25)30-22-20-29(21-23-30)28-18-16-27(17-19-28)15-14-26-10-5-2-6-11-26/h1-6,8-11,16-23,31H,7,12-13,24H2,(H,35,36). The SMILES string of the molecule is O=C(CC(CCCc1ccccc1)C(=O)O)c1ccc(-c2ccc(C#Cc3ccccc3)cc2)cc1. The molecule has 0 fully saturated rings. The molecule has 36 heavy (non-hydrogen) atoms. The molecule has 0 aromatic heterocycles. The van der Waals surface area contributed by atoms with Gasteiger partial charge >= 0.3 is 5.97 Å². The minimum Gasteiger partial charge on any atom is -0.481 e. The van der Waals surface area contributed by atoms with E-state index in [1.807, 2.05) is 97.1 Å². The summed E-state index contributed by atoms with van der Waals surface area (Å²) in [5.74, 6) is 4.60. The molecule has 178 valence electrons. The zero-order valence-electron chi connectivity index (χ0n) is 20.1. The van der Waals surface area contributed by atoms with E-state index in [0.29, 0.717) is 12.0 Å². The monoisotopic (exact) mass is 472 g/mol. The Morgan fingerprint density at radius 1 is 0.667 bits per heavy atom. The fourth-order valence-corrected chi connectivity index (χ4v) is 4.11. The van der Waals surface area contributed by atoms with E-state index in [0.717, 1.165) is 35.1 Å². The van der Waals surface area contributed by atoms with E-state index in [1.54, 1.807) is 12.1 Å². The Bertz CT molecular complexity index is 1340. The Kier molecular flexibility index (Phi) is 8.46. The third kappa shape index (κ3) is 7.04. The maximum Gasteiger partial charge on any atom is 0.306 e. The number of carbonyl (C=O) groups is 2. The average molecular weight is 473 g/mol. The van der Waals surface area contributed by atoms with Gasteiger partial charge in [0.2, 0.25) is 0 Å². The predicted octanol–water partition coefficient (Wildman–Crippen LogP) is 7.05. The number of rotatable bonds is 9. The smallest absolute Gasteiger partial charge is 0.306 e. The molecule has 0 aliphatic rings. The van der Waals surface area contributed by atoms with Crippen molar-refractivity contribution in [2.75, 3.05) is 0 Å². The van der Waals surface area contributed by atoms with Crippen LogP contribution in [0.5, 0.6) is 0 Å². The summed E-state index contributed by atoms with van der Waals surface area (Å²) in [4.78, 5) is 24.5. The van der Waals surface area contributed by atoms with Gasteiger partial charge in [-0.05, 0) is 60.2 Å².